The van der Waals surface area contributed by atoms with Gasteiger partial charge >= 0.3 is 0 Å². The molecule has 0 heterocycles. The Labute approximate surface area is 115 Å². The topological polar surface area (TPSA) is 119 Å². The normalized spacial score (nSPS) is 13.0. The van der Waals surface area contributed by atoms with Gasteiger partial charge in [-0.1, -0.05) is 11.6 Å². The smallest absolute Gasteiger partial charge is 0.247 e. The molecule has 0 spiro atoms. The standard InChI is InChI=1S/C10H13ClN2O5S/c1-18-9-3-2-6(4-7(9)11)19(16,17)13-5-8(14)10(12)15/h2-4,8,13-14H,5H2,1H3,(H2,12,15). The summed E-state index contributed by atoms with van der Waals surface area (Å²) in [6.07, 6.45) is -1.59. The molecule has 4 N–H and O–H groups in total. The van der Waals surface area contributed by atoms with Crippen LogP contribution in [0.4, 0.5) is 0 Å². The summed E-state index contributed by atoms with van der Waals surface area (Å²) in [4.78, 5) is 10.5. The van der Waals surface area contributed by atoms with Gasteiger partial charge in [-0.2, -0.15) is 0 Å². The van der Waals surface area contributed by atoms with Gasteiger partial charge in [0, 0.05) is 6.54 Å². The quantitative estimate of drug-likeness (QED) is 0.653. The maximum atomic E-state index is 11.8. The average molecular weight is 309 g/mol. The number of carbonyl (C=O) groups excluding carboxylic acids is 1. The highest BCUT2D eigenvalue weighted by atomic mass is 35.5. The van der Waals surface area contributed by atoms with Gasteiger partial charge in [-0.15, -0.1) is 0 Å². The molecule has 1 amide bonds. The summed E-state index contributed by atoms with van der Waals surface area (Å²) in [5, 5.41) is 9.25. The van der Waals surface area contributed by atoms with Gasteiger partial charge in [0.15, 0.2) is 0 Å². The summed E-state index contributed by atoms with van der Waals surface area (Å²) in [6.45, 7) is -0.513. The molecule has 1 unspecified atom stereocenters. The minimum Gasteiger partial charge on any atom is -0.495 e. The van der Waals surface area contributed by atoms with Crippen molar-refractivity contribution < 1.29 is 23.1 Å². The maximum absolute atomic E-state index is 11.8. The van der Waals surface area contributed by atoms with E-state index in [1.54, 1.807) is 0 Å². The summed E-state index contributed by atoms with van der Waals surface area (Å²) < 4.78 is 30.6. The van der Waals surface area contributed by atoms with Gasteiger partial charge in [-0.05, 0) is 18.2 Å². The minimum absolute atomic E-state index is 0.116. The van der Waals surface area contributed by atoms with E-state index in [1.165, 1.54) is 25.3 Å². The van der Waals surface area contributed by atoms with Crippen LogP contribution in [0.3, 0.4) is 0 Å². The Morgan fingerprint density at radius 3 is 2.68 bits per heavy atom. The number of aliphatic hydroxyl groups is 1. The van der Waals surface area contributed by atoms with E-state index in [2.05, 4.69) is 0 Å². The molecule has 1 rings (SSSR count). The number of primary amides is 1. The predicted octanol–water partition coefficient (Wildman–Crippen LogP) is -0.527. The molecule has 0 aliphatic heterocycles. The summed E-state index contributed by atoms with van der Waals surface area (Å²) >= 11 is 5.81. The second kappa shape index (κ2) is 6.20. The first-order valence-electron chi connectivity index (χ1n) is 5.08. The molecule has 9 heteroatoms. The zero-order chi connectivity index (χ0) is 14.6. The van der Waals surface area contributed by atoms with Gasteiger partial charge in [0.05, 0.1) is 17.0 Å². The molecule has 1 aromatic rings. The van der Waals surface area contributed by atoms with E-state index in [0.717, 1.165) is 0 Å². The van der Waals surface area contributed by atoms with Crippen molar-refractivity contribution >= 4 is 27.5 Å². The van der Waals surface area contributed by atoms with Crippen molar-refractivity contribution in [1.82, 2.24) is 4.72 Å². The van der Waals surface area contributed by atoms with Crippen molar-refractivity contribution in [2.45, 2.75) is 11.0 Å². The van der Waals surface area contributed by atoms with E-state index in [9.17, 15) is 13.2 Å². The molecule has 0 aliphatic carbocycles. The van der Waals surface area contributed by atoms with Gasteiger partial charge in [-0.25, -0.2) is 13.1 Å². The minimum atomic E-state index is -3.89. The largest absolute Gasteiger partial charge is 0.495 e. The van der Waals surface area contributed by atoms with E-state index >= 15 is 0 Å². The number of rotatable bonds is 6. The Morgan fingerprint density at radius 2 is 2.21 bits per heavy atom. The van der Waals surface area contributed by atoms with Crippen LogP contribution in [0.5, 0.6) is 5.75 Å². The molecular formula is C10H13ClN2O5S. The molecule has 106 valence electrons. The number of benzene rings is 1. The third-order valence-corrected chi connectivity index (χ3v) is 3.95. The summed E-state index contributed by atoms with van der Waals surface area (Å²) in [5.74, 6) is -0.687. The molecule has 0 saturated heterocycles. The zero-order valence-electron chi connectivity index (χ0n) is 9.96. The molecular weight excluding hydrogens is 296 g/mol. The number of ether oxygens (including phenoxy) is 1. The summed E-state index contributed by atoms with van der Waals surface area (Å²) in [7, 11) is -2.49. The highest BCUT2D eigenvalue weighted by Crippen LogP contribution is 2.26. The van der Waals surface area contributed by atoms with E-state index in [4.69, 9.17) is 27.2 Å². The Morgan fingerprint density at radius 1 is 1.58 bits per heavy atom. The first-order chi connectivity index (χ1) is 8.77. The first-order valence-corrected chi connectivity index (χ1v) is 6.94. The molecule has 1 aromatic carbocycles. The second-order valence-corrected chi connectivity index (χ2v) is 5.74. The Balaban J connectivity index is 2.89. The Bertz CT molecular complexity index is 575. The van der Waals surface area contributed by atoms with Gasteiger partial charge in [0.1, 0.15) is 11.9 Å². The fraction of sp³-hybridized carbons (Fsp3) is 0.300. The van der Waals surface area contributed by atoms with Crippen LogP contribution in [0.2, 0.25) is 5.02 Å². The molecule has 7 nitrogen and oxygen atoms in total. The monoisotopic (exact) mass is 308 g/mol. The Hall–Kier alpha value is -1.35. The van der Waals surface area contributed by atoms with Crippen LogP contribution in [0.1, 0.15) is 0 Å². The number of halogens is 1. The van der Waals surface area contributed by atoms with Gasteiger partial charge in [0.25, 0.3) is 0 Å². The van der Waals surface area contributed by atoms with Crippen molar-refractivity contribution in [2.75, 3.05) is 13.7 Å². The summed E-state index contributed by atoms with van der Waals surface area (Å²) in [6, 6.07) is 3.87. The van der Waals surface area contributed by atoms with Crippen LogP contribution in [-0.4, -0.2) is 39.2 Å². The molecule has 0 aromatic heterocycles. The van der Waals surface area contributed by atoms with Gasteiger partial charge in [0.2, 0.25) is 15.9 Å². The predicted molar refractivity (Wildman–Crippen MR) is 68.4 cm³/mol. The highest BCUT2D eigenvalue weighted by Gasteiger charge is 2.19. The van der Waals surface area contributed by atoms with Crippen LogP contribution < -0.4 is 15.2 Å². The maximum Gasteiger partial charge on any atom is 0.247 e. The lowest BCUT2D eigenvalue weighted by atomic mass is 10.3. The number of hydrogen-bond donors (Lipinski definition) is 3. The lowest BCUT2D eigenvalue weighted by Crippen LogP contribution is -2.39. The van der Waals surface area contributed by atoms with Crippen molar-refractivity contribution in [3.05, 3.63) is 23.2 Å². The van der Waals surface area contributed by atoms with E-state index in [-0.39, 0.29) is 9.92 Å². The molecule has 0 radical (unpaired) electrons. The molecule has 0 aliphatic rings. The van der Waals surface area contributed by atoms with Gasteiger partial charge in [-0.3, -0.25) is 4.79 Å². The number of methoxy groups -OCH3 is 1. The van der Waals surface area contributed by atoms with Crippen LogP contribution in [0, 0.1) is 0 Å². The lowest BCUT2D eigenvalue weighted by molar-refractivity contribution is -0.125. The second-order valence-electron chi connectivity index (χ2n) is 3.57. The fourth-order valence-corrected chi connectivity index (χ4v) is 2.57. The third-order valence-electron chi connectivity index (χ3n) is 2.23. The lowest BCUT2D eigenvalue weighted by Gasteiger charge is -2.10. The van der Waals surface area contributed by atoms with E-state index in [0.29, 0.717) is 5.75 Å². The van der Waals surface area contributed by atoms with Crippen LogP contribution in [-0.2, 0) is 14.8 Å². The van der Waals surface area contributed by atoms with Crippen molar-refractivity contribution in [2.24, 2.45) is 5.73 Å². The number of aliphatic hydroxyl groups excluding tert-OH is 1. The molecule has 0 saturated carbocycles. The van der Waals surface area contributed by atoms with Crippen LogP contribution in [0.25, 0.3) is 0 Å². The number of sulfonamides is 1. The molecule has 0 fully saturated rings. The zero-order valence-corrected chi connectivity index (χ0v) is 11.5. The highest BCUT2D eigenvalue weighted by molar-refractivity contribution is 7.89. The van der Waals surface area contributed by atoms with Crippen molar-refractivity contribution in [1.29, 1.82) is 0 Å². The summed E-state index contributed by atoms with van der Waals surface area (Å²) in [5.41, 5.74) is 4.80. The van der Waals surface area contributed by atoms with Gasteiger partial charge < -0.3 is 15.6 Å². The molecule has 19 heavy (non-hydrogen) atoms. The number of carbonyl (C=O) groups is 1. The Kier molecular flexibility index (Phi) is 5.12. The SMILES string of the molecule is COc1ccc(S(=O)(=O)NCC(O)C(N)=O)cc1Cl. The molecule has 0 bridgehead atoms. The number of hydrogen-bond acceptors (Lipinski definition) is 5. The number of nitrogens with two attached hydrogens (primary N) is 1. The van der Waals surface area contributed by atoms with Crippen LogP contribution in [0.15, 0.2) is 23.1 Å². The number of amides is 1. The first kappa shape index (κ1) is 15.7. The van der Waals surface area contributed by atoms with Crippen molar-refractivity contribution in [3.8, 4) is 5.75 Å². The van der Waals surface area contributed by atoms with Crippen molar-refractivity contribution in [3.63, 3.8) is 0 Å². The van der Waals surface area contributed by atoms with Crippen LogP contribution >= 0.6 is 11.6 Å². The average Bonchev–Trinajstić information content (AvgIpc) is 2.35. The fourth-order valence-electron chi connectivity index (χ4n) is 1.19. The van der Waals surface area contributed by atoms with E-state index < -0.39 is 28.6 Å². The number of nitrogens with one attached hydrogen (secondary N) is 1. The third kappa shape index (κ3) is 4.06. The van der Waals surface area contributed by atoms with E-state index in [1.807, 2.05) is 4.72 Å². The molecule has 1 atom stereocenters.